The van der Waals surface area contributed by atoms with Gasteiger partial charge >= 0.3 is 11.9 Å². The highest BCUT2D eigenvalue weighted by Gasteiger charge is 2.79. The summed E-state index contributed by atoms with van der Waals surface area (Å²) >= 11 is 0. The van der Waals surface area contributed by atoms with E-state index in [9.17, 15) is 9.59 Å². The average Bonchev–Trinajstić information content (AvgIpc) is 3.33. The number of carbonyl (C=O) groups is 2. The van der Waals surface area contributed by atoms with E-state index < -0.39 is 0 Å². The van der Waals surface area contributed by atoms with Crippen LogP contribution in [0.25, 0.3) is 0 Å². The Morgan fingerprint density at radius 1 is 1.13 bits per heavy atom. The van der Waals surface area contributed by atoms with Gasteiger partial charge in [-0.15, -0.1) is 0 Å². The Bertz CT molecular complexity index is 803. The third-order valence-corrected chi connectivity index (χ3v) is 9.85. The summed E-state index contributed by atoms with van der Waals surface area (Å²) in [4.78, 5) is 23.1. The van der Waals surface area contributed by atoms with E-state index >= 15 is 0 Å². The molecule has 1 aliphatic heterocycles. The average molecular weight is 417 g/mol. The van der Waals surface area contributed by atoms with Crippen LogP contribution in [-0.2, 0) is 23.8 Å². The Hall–Kier alpha value is -1.36. The lowest BCUT2D eigenvalue weighted by atomic mass is 9.47. The zero-order valence-electron chi connectivity index (χ0n) is 19.0. The monoisotopic (exact) mass is 416 g/mol. The lowest BCUT2D eigenvalue weighted by Crippen LogP contribution is -2.55. The SMILES string of the molecule is CC(=O)O[C@H]1CC[C@@]2(C)C(=CC[C@H]3[C@H]2CC[C@@]2(C)[C@@H]3C[C@H]3O[C@@]32[C@H](C)OC(C)=O)C1. The normalized spacial score (nSPS) is 49.5. The standard InChI is InChI=1S/C25H36O5/c1-14(28-15(2)26)25-22(30-25)13-21-19-7-6-17-12-18(29-16(3)27)8-10-23(17,4)20(19)9-11-24(21,25)5/h6,14,18-22H,7-13H2,1-5H3/t14-,18-,19-,20+,21+,22+,23-,24-,25-/m0/s1. The Morgan fingerprint density at radius 2 is 1.90 bits per heavy atom. The second-order valence-electron chi connectivity index (χ2n) is 11.1. The van der Waals surface area contributed by atoms with Crippen LogP contribution in [0.3, 0.4) is 0 Å². The number of epoxide rings is 1. The van der Waals surface area contributed by atoms with Crippen molar-refractivity contribution in [2.75, 3.05) is 0 Å². The molecular formula is C25H36O5. The molecule has 0 aromatic heterocycles. The molecule has 0 spiro atoms. The van der Waals surface area contributed by atoms with Gasteiger partial charge in [-0.3, -0.25) is 9.59 Å². The Labute approximate surface area is 179 Å². The van der Waals surface area contributed by atoms with Gasteiger partial charge in [0, 0.05) is 25.7 Å². The fourth-order valence-corrected chi connectivity index (χ4v) is 8.52. The van der Waals surface area contributed by atoms with E-state index in [1.54, 1.807) is 0 Å². The Balaban J connectivity index is 1.40. The van der Waals surface area contributed by atoms with Crippen molar-refractivity contribution in [1.29, 1.82) is 0 Å². The number of ether oxygens (including phenoxy) is 3. The molecule has 0 aromatic carbocycles. The molecule has 30 heavy (non-hydrogen) atoms. The highest BCUT2D eigenvalue weighted by atomic mass is 16.7. The molecule has 3 saturated carbocycles. The highest BCUT2D eigenvalue weighted by molar-refractivity contribution is 5.66. The Kier molecular flexibility index (Phi) is 4.50. The molecule has 1 heterocycles. The predicted molar refractivity (Wildman–Crippen MR) is 111 cm³/mol. The molecule has 5 heteroatoms. The molecular weight excluding hydrogens is 380 g/mol. The molecule has 0 amide bonds. The first-order valence-electron chi connectivity index (χ1n) is 11.8. The number of rotatable bonds is 3. The second kappa shape index (κ2) is 6.57. The molecule has 0 radical (unpaired) electrons. The van der Waals surface area contributed by atoms with Crippen LogP contribution >= 0.6 is 0 Å². The zero-order chi connectivity index (χ0) is 21.5. The van der Waals surface area contributed by atoms with Gasteiger partial charge in [0.05, 0.1) is 6.10 Å². The molecule has 5 nitrogen and oxygen atoms in total. The lowest BCUT2D eigenvalue weighted by Gasteiger charge is -2.58. The quantitative estimate of drug-likeness (QED) is 0.383. The van der Waals surface area contributed by atoms with Gasteiger partial charge in [0.25, 0.3) is 0 Å². The van der Waals surface area contributed by atoms with E-state index in [0.717, 1.165) is 38.5 Å². The van der Waals surface area contributed by atoms with Crippen molar-refractivity contribution in [3.8, 4) is 0 Å². The van der Waals surface area contributed by atoms with Crippen molar-refractivity contribution < 1.29 is 23.8 Å². The van der Waals surface area contributed by atoms with Crippen LogP contribution in [-0.4, -0.2) is 35.9 Å². The zero-order valence-corrected chi connectivity index (χ0v) is 19.0. The maximum absolute atomic E-state index is 11.6. The van der Waals surface area contributed by atoms with Crippen LogP contribution in [0, 0.1) is 28.6 Å². The summed E-state index contributed by atoms with van der Waals surface area (Å²) in [6.45, 7) is 9.90. The van der Waals surface area contributed by atoms with Crippen LogP contribution in [0.5, 0.6) is 0 Å². The van der Waals surface area contributed by atoms with Crippen LogP contribution in [0.2, 0.25) is 0 Å². The summed E-state index contributed by atoms with van der Waals surface area (Å²) in [5.41, 5.74) is 1.53. The minimum Gasteiger partial charge on any atom is -0.462 e. The summed E-state index contributed by atoms with van der Waals surface area (Å²) in [6.07, 6.45) is 10.1. The van der Waals surface area contributed by atoms with Crippen molar-refractivity contribution in [3.63, 3.8) is 0 Å². The molecule has 0 unspecified atom stereocenters. The summed E-state index contributed by atoms with van der Waals surface area (Å²) in [5.74, 6) is 1.60. The van der Waals surface area contributed by atoms with Crippen molar-refractivity contribution in [2.45, 2.75) is 103 Å². The van der Waals surface area contributed by atoms with Crippen molar-refractivity contribution >= 4 is 11.9 Å². The number of fused-ring (bicyclic) bond motifs is 7. The number of hydrogen-bond donors (Lipinski definition) is 0. The number of allylic oxidation sites excluding steroid dienone is 1. The molecule has 1 saturated heterocycles. The van der Waals surface area contributed by atoms with Gasteiger partial charge in [0.2, 0.25) is 0 Å². The van der Waals surface area contributed by atoms with Crippen LogP contribution in [0.4, 0.5) is 0 Å². The topological polar surface area (TPSA) is 65.1 Å². The molecule has 5 aliphatic rings. The van der Waals surface area contributed by atoms with E-state index in [2.05, 4.69) is 19.9 Å². The fourth-order valence-electron chi connectivity index (χ4n) is 8.52. The third kappa shape index (κ3) is 2.63. The van der Waals surface area contributed by atoms with E-state index in [0.29, 0.717) is 17.8 Å². The fraction of sp³-hybridized carbons (Fsp3) is 0.840. The predicted octanol–water partition coefficient (Wildman–Crippen LogP) is 4.58. The molecule has 166 valence electrons. The summed E-state index contributed by atoms with van der Waals surface area (Å²) in [7, 11) is 0. The van der Waals surface area contributed by atoms with Crippen LogP contribution in [0.15, 0.2) is 11.6 Å². The second-order valence-corrected chi connectivity index (χ2v) is 11.1. The first-order valence-corrected chi connectivity index (χ1v) is 11.8. The molecule has 0 N–H and O–H groups in total. The molecule has 0 bridgehead atoms. The van der Waals surface area contributed by atoms with E-state index in [4.69, 9.17) is 14.2 Å². The van der Waals surface area contributed by atoms with Crippen molar-refractivity contribution in [1.82, 2.24) is 0 Å². The molecule has 4 aliphatic carbocycles. The molecule has 4 fully saturated rings. The van der Waals surface area contributed by atoms with E-state index in [-0.39, 0.29) is 46.7 Å². The van der Waals surface area contributed by atoms with E-state index in [1.165, 1.54) is 25.8 Å². The third-order valence-electron chi connectivity index (χ3n) is 9.85. The lowest BCUT2D eigenvalue weighted by molar-refractivity contribution is -0.159. The minimum atomic E-state index is -0.286. The summed E-state index contributed by atoms with van der Waals surface area (Å²) in [6, 6.07) is 0. The summed E-state index contributed by atoms with van der Waals surface area (Å²) < 4.78 is 17.5. The maximum atomic E-state index is 11.6. The van der Waals surface area contributed by atoms with Gasteiger partial charge < -0.3 is 14.2 Å². The van der Waals surface area contributed by atoms with E-state index in [1.807, 2.05) is 6.92 Å². The van der Waals surface area contributed by atoms with Crippen molar-refractivity contribution in [3.05, 3.63) is 11.6 Å². The first-order chi connectivity index (χ1) is 14.1. The molecule has 5 rings (SSSR count). The smallest absolute Gasteiger partial charge is 0.302 e. The van der Waals surface area contributed by atoms with Gasteiger partial charge in [-0.05, 0) is 68.6 Å². The van der Waals surface area contributed by atoms with Crippen molar-refractivity contribution in [2.24, 2.45) is 28.6 Å². The molecule has 9 atom stereocenters. The summed E-state index contributed by atoms with van der Waals surface area (Å²) in [5, 5.41) is 0. The van der Waals surface area contributed by atoms with Gasteiger partial charge in [0.1, 0.15) is 17.8 Å². The molecule has 0 aromatic rings. The Morgan fingerprint density at radius 3 is 2.60 bits per heavy atom. The minimum absolute atomic E-state index is 0.0487. The highest BCUT2D eigenvalue weighted by Crippen LogP contribution is 2.74. The first kappa shape index (κ1) is 20.5. The number of esters is 2. The number of hydrogen-bond acceptors (Lipinski definition) is 5. The van der Waals surface area contributed by atoms with Crippen LogP contribution in [0.1, 0.15) is 79.6 Å². The number of carbonyl (C=O) groups excluding carboxylic acids is 2. The largest absolute Gasteiger partial charge is 0.462 e. The van der Waals surface area contributed by atoms with Gasteiger partial charge in [0.15, 0.2) is 0 Å². The van der Waals surface area contributed by atoms with Gasteiger partial charge in [-0.25, -0.2) is 0 Å². The van der Waals surface area contributed by atoms with Crippen LogP contribution < -0.4 is 0 Å². The maximum Gasteiger partial charge on any atom is 0.302 e. The van der Waals surface area contributed by atoms with Gasteiger partial charge in [-0.1, -0.05) is 25.5 Å². The van der Waals surface area contributed by atoms with Gasteiger partial charge in [-0.2, -0.15) is 0 Å².